The molecule has 3 aromatic rings. The van der Waals surface area contributed by atoms with E-state index >= 15 is 0 Å². The Morgan fingerprint density at radius 2 is 1.64 bits per heavy atom. The van der Waals surface area contributed by atoms with Gasteiger partial charge in [0, 0.05) is 18.7 Å². The summed E-state index contributed by atoms with van der Waals surface area (Å²) in [6.45, 7) is 3.25. The lowest BCUT2D eigenvalue weighted by molar-refractivity contribution is -0.140. The molecule has 3 aromatic carbocycles. The van der Waals surface area contributed by atoms with Gasteiger partial charge in [0.1, 0.15) is 18.4 Å². The van der Waals surface area contributed by atoms with Crippen LogP contribution in [0.3, 0.4) is 0 Å². The number of methoxy groups -OCH3 is 2. The minimum atomic E-state index is -4.38. The monoisotopic (exact) mass is 639 g/mol. The van der Waals surface area contributed by atoms with Crippen LogP contribution >= 0.6 is 0 Å². The van der Waals surface area contributed by atoms with E-state index < -0.39 is 34.3 Å². The number of rotatable bonds is 13. The summed E-state index contributed by atoms with van der Waals surface area (Å²) in [5.74, 6) is -0.868. The first-order chi connectivity index (χ1) is 21.6. The molecule has 0 aliphatic heterocycles. The molecular formula is C34H42FN3O6S. The second kappa shape index (κ2) is 15.2. The number of anilines is 1. The maximum Gasteiger partial charge on any atom is 0.264 e. The van der Waals surface area contributed by atoms with Gasteiger partial charge in [-0.05, 0) is 68.1 Å². The molecule has 0 saturated heterocycles. The van der Waals surface area contributed by atoms with E-state index in [0.717, 1.165) is 59.7 Å². The number of halogens is 1. The molecule has 0 aromatic heterocycles. The zero-order valence-electron chi connectivity index (χ0n) is 26.3. The molecule has 1 aliphatic carbocycles. The Morgan fingerprint density at radius 1 is 0.956 bits per heavy atom. The lowest BCUT2D eigenvalue weighted by Gasteiger charge is -2.34. The van der Waals surface area contributed by atoms with Crippen molar-refractivity contribution in [3.63, 3.8) is 0 Å². The molecule has 0 unspecified atom stereocenters. The molecule has 4 rings (SSSR count). The number of amides is 2. The van der Waals surface area contributed by atoms with Gasteiger partial charge in [-0.3, -0.25) is 13.9 Å². The lowest BCUT2D eigenvalue weighted by Crippen LogP contribution is -2.54. The molecule has 9 nitrogen and oxygen atoms in total. The molecule has 1 saturated carbocycles. The summed E-state index contributed by atoms with van der Waals surface area (Å²) in [6.07, 6.45) is 5.30. The van der Waals surface area contributed by atoms with Crippen LogP contribution in [0.4, 0.5) is 10.1 Å². The van der Waals surface area contributed by atoms with Crippen molar-refractivity contribution in [2.75, 3.05) is 25.1 Å². The van der Waals surface area contributed by atoms with Crippen LogP contribution in [0.2, 0.25) is 0 Å². The summed E-state index contributed by atoms with van der Waals surface area (Å²) in [6, 6.07) is 15.8. The molecule has 0 heterocycles. The second-order valence-corrected chi connectivity index (χ2v) is 13.1. The Balaban J connectivity index is 1.73. The van der Waals surface area contributed by atoms with Crippen LogP contribution in [0.1, 0.15) is 56.6 Å². The highest BCUT2D eigenvalue weighted by Gasteiger charge is 2.35. The maximum absolute atomic E-state index is 14.3. The molecular weight excluding hydrogens is 597 g/mol. The van der Waals surface area contributed by atoms with Gasteiger partial charge < -0.3 is 19.7 Å². The summed E-state index contributed by atoms with van der Waals surface area (Å²) >= 11 is 0. The van der Waals surface area contributed by atoms with Gasteiger partial charge in [0.05, 0.1) is 24.8 Å². The zero-order valence-corrected chi connectivity index (χ0v) is 27.1. The molecule has 0 spiro atoms. The minimum absolute atomic E-state index is 0.0392. The fourth-order valence-electron chi connectivity index (χ4n) is 5.71. The Bertz CT molecular complexity index is 1570. The molecule has 0 radical (unpaired) electrons. The van der Waals surface area contributed by atoms with Crippen molar-refractivity contribution in [3.8, 4) is 11.5 Å². The molecule has 1 atom stereocenters. The number of nitrogens with one attached hydrogen (secondary N) is 1. The van der Waals surface area contributed by atoms with Gasteiger partial charge in [0.15, 0.2) is 11.5 Å². The number of carbonyl (C=O) groups is 2. The summed E-state index contributed by atoms with van der Waals surface area (Å²) in [5, 5.41) is 3.14. The summed E-state index contributed by atoms with van der Waals surface area (Å²) in [4.78, 5) is 29.3. The lowest BCUT2D eigenvalue weighted by atomic mass is 9.95. The predicted molar refractivity (Wildman–Crippen MR) is 171 cm³/mol. The van der Waals surface area contributed by atoms with Crippen molar-refractivity contribution < 1.29 is 31.9 Å². The highest BCUT2D eigenvalue weighted by Crippen LogP contribution is 2.32. The Hall–Kier alpha value is -4.12. The molecule has 11 heteroatoms. The molecule has 2 amide bonds. The highest BCUT2D eigenvalue weighted by molar-refractivity contribution is 7.92. The summed E-state index contributed by atoms with van der Waals surface area (Å²) in [7, 11) is -1.55. The Morgan fingerprint density at radius 3 is 2.27 bits per heavy atom. The van der Waals surface area contributed by atoms with Crippen molar-refractivity contribution in [2.45, 2.75) is 75.9 Å². The predicted octanol–water partition coefficient (Wildman–Crippen LogP) is 5.60. The van der Waals surface area contributed by atoms with Crippen LogP contribution < -0.4 is 19.1 Å². The van der Waals surface area contributed by atoms with Gasteiger partial charge in [0.25, 0.3) is 10.0 Å². The number of sulfonamides is 1. The van der Waals surface area contributed by atoms with Crippen molar-refractivity contribution in [2.24, 2.45) is 0 Å². The standard InChI is InChI=1S/C34H42FN3O6S/c1-5-30(34(40)36-27-12-7-6-8-13-27)37(22-25-11-9-10-24(2)20-25)33(39)23-38(28-16-14-26(35)15-17-28)45(41,42)29-18-19-31(43-3)32(21-29)44-4/h9-11,14-21,27,30H,5-8,12-13,22-23H2,1-4H3,(H,36,40)/t30-/m1/s1. The van der Waals surface area contributed by atoms with E-state index in [2.05, 4.69) is 5.32 Å². The molecule has 0 bridgehead atoms. The Kier molecular flexibility index (Phi) is 11.4. The third-order valence-corrected chi connectivity index (χ3v) is 9.88. The summed E-state index contributed by atoms with van der Waals surface area (Å²) < 4.78 is 53.8. The number of hydrogen-bond acceptors (Lipinski definition) is 6. The average Bonchev–Trinajstić information content (AvgIpc) is 3.04. The second-order valence-electron chi connectivity index (χ2n) is 11.3. The first-order valence-corrected chi connectivity index (χ1v) is 16.7. The van der Waals surface area contributed by atoms with E-state index in [4.69, 9.17) is 9.47 Å². The van der Waals surface area contributed by atoms with Crippen LogP contribution in [0.25, 0.3) is 0 Å². The fourth-order valence-corrected chi connectivity index (χ4v) is 7.14. The van der Waals surface area contributed by atoms with Gasteiger partial charge in [-0.25, -0.2) is 12.8 Å². The smallest absolute Gasteiger partial charge is 0.264 e. The van der Waals surface area contributed by atoms with Crippen LogP contribution in [-0.4, -0.2) is 58.0 Å². The topological polar surface area (TPSA) is 105 Å². The van der Waals surface area contributed by atoms with E-state index in [9.17, 15) is 22.4 Å². The fraction of sp³-hybridized carbons (Fsp3) is 0.412. The van der Waals surface area contributed by atoms with Crippen LogP contribution in [0, 0.1) is 12.7 Å². The van der Waals surface area contributed by atoms with Gasteiger partial charge in [-0.1, -0.05) is 56.0 Å². The minimum Gasteiger partial charge on any atom is -0.493 e. The number of nitrogens with zero attached hydrogens (tertiary/aromatic N) is 2. The molecule has 1 aliphatic rings. The maximum atomic E-state index is 14.3. The molecule has 45 heavy (non-hydrogen) atoms. The van der Waals surface area contributed by atoms with Gasteiger partial charge in [0.2, 0.25) is 11.8 Å². The quantitative estimate of drug-likeness (QED) is 0.261. The van der Waals surface area contributed by atoms with E-state index in [0.29, 0.717) is 12.2 Å². The molecule has 1 fully saturated rings. The normalized spacial score (nSPS) is 14.3. The van der Waals surface area contributed by atoms with Crippen molar-refractivity contribution in [3.05, 3.63) is 83.7 Å². The first kappa shape index (κ1) is 33.8. The van der Waals surface area contributed by atoms with Crippen molar-refractivity contribution in [1.82, 2.24) is 10.2 Å². The molecule has 242 valence electrons. The van der Waals surface area contributed by atoms with Crippen LogP contribution in [0.5, 0.6) is 11.5 Å². The van der Waals surface area contributed by atoms with Gasteiger partial charge in [-0.15, -0.1) is 0 Å². The average molecular weight is 640 g/mol. The van der Waals surface area contributed by atoms with Crippen molar-refractivity contribution >= 4 is 27.5 Å². The van der Waals surface area contributed by atoms with E-state index in [1.807, 2.05) is 38.1 Å². The zero-order chi connectivity index (χ0) is 32.6. The Labute approximate surface area is 265 Å². The molecule has 1 N–H and O–H groups in total. The van der Waals surface area contributed by atoms with E-state index in [-0.39, 0.29) is 34.8 Å². The number of ether oxygens (including phenoxy) is 2. The van der Waals surface area contributed by atoms with Gasteiger partial charge >= 0.3 is 0 Å². The highest BCUT2D eigenvalue weighted by atomic mass is 32.2. The number of aryl methyl sites for hydroxylation is 1. The van der Waals surface area contributed by atoms with Crippen molar-refractivity contribution in [1.29, 1.82) is 0 Å². The van der Waals surface area contributed by atoms with E-state index in [1.165, 1.54) is 49.5 Å². The number of hydrogen-bond donors (Lipinski definition) is 1. The van der Waals surface area contributed by atoms with Gasteiger partial charge in [-0.2, -0.15) is 0 Å². The van der Waals surface area contributed by atoms with E-state index in [1.54, 1.807) is 0 Å². The first-order valence-electron chi connectivity index (χ1n) is 15.2. The third-order valence-electron chi connectivity index (χ3n) is 8.11. The van der Waals surface area contributed by atoms with Crippen LogP contribution in [-0.2, 0) is 26.2 Å². The number of benzene rings is 3. The largest absolute Gasteiger partial charge is 0.493 e. The third kappa shape index (κ3) is 8.33. The SMILES string of the molecule is CC[C@H](C(=O)NC1CCCCC1)N(Cc1cccc(C)c1)C(=O)CN(c1ccc(F)cc1)S(=O)(=O)c1ccc(OC)c(OC)c1. The number of carbonyl (C=O) groups excluding carboxylic acids is 2. The summed E-state index contributed by atoms with van der Waals surface area (Å²) in [5.41, 5.74) is 1.89. The van der Waals surface area contributed by atoms with Crippen LogP contribution in [0.15, 0.2) is 71.6 Å².